The number of rotatable bonds is 2. The second kappa shape index (κ2) is 5.91. The zero-order valence-electron chi connectivity index (χ0n) is 14.1. The lowest BCUT2D eigenvalue weighted by molar-refractivity contribution is -0.139. The Balaban J connectivity index is 1.91. The minimum Gasteiger partial charge on any atom is -0.469 e. The fourth-order valence-electron chi connectivity index (χ4n) is 3.57. The number of sulfone groups is 1. The second-order valence-corrected chi connectivity index (χ2v) is 8.94. The molecular formula is C16H22N2O5S. The maximum Gasteiger partial charge on any atom is 0.257 e. The lowest BCUT2D eigenvalue weighted by Gasteiger charge is -2.44. The summed E-state index contributed by atoms with van der Waals surface area (Å²) in [6, 6.07) is 0.643. The van der Waals surface area contributed by atoms with Gasteiger partial charge >= 0.3 is 0 Å². The quantitative estimate of drug-likeness (QED) is 0.780. The van der Waals surface area contributed by atoms with Crippen molar-refractivity contribution in [3.05, 3.63) is 23.7 Å². The van der Waals surface area contributed by atoms with Crippen LogP contribution in [-0.4, -0.2) is 66.7 Å². The molecule has 0 radical (unpaired) electrons. The van der Waals surface area contributed by atoms with Crippen molar-refractivity contribution >= 4 is 21.7 Å². The summed E-state index contributed by atoms with van der Waals surface area (Å²) in [7, 11) is -3.28. The van der Waals surface area contributed by atoms with Gasteiger partial charge in [0, 0.05) is 19.0 Å². The number of hydrogen-bond acceptors (Lipinski definition) is 5. The highest BCUT2D eigenvalue weighted by molar-refractivity contribution is 7.91. The fourth-order valence-corrected chi connectivity index (χ4v) is 5.55. The van der Waals surface area contributed by atoms with Crippen LogP contribution in [0.5, 0.6) is 0 Å². The van der Waals surface area contributed by atoms with Crippen LogP contribution in [0.2, 0.25) is 0 Å². The highest BCUT2D eigenvalue weighted by Crippen LogP contribution is 2.29. The molecule has 2 unspecified atom stereocenters. The van der Waals surface area contributed by atoms with Gasteiger partial charge < -0.3 is 14.2 Å². The molecule has 0 aromatic carbocycles. The van der Waals surface area contributed by atoms with Gasteiger partial charge in [-0.3, -0.25) is 9.59 Å². The number of nitrogens with zero attached hydrogens (tertiary/aromatic N) is 2. The smallest absolute Gasteiger partial charge is 0.257 e. The van der Waals surface area contributed by atoms with Crippen LogP contribution in [-0.2, 0) is 14.6 Å². The van der Waals surface area contributed by atoms with Crippen LogP contribution in [0.25, 0.3) is 0 Å². The van der Waals surface area contributed by atoms with Crippen molar-refractivity contribution in [1.82, 2.24) is 9.80 Å². The van der Waals surface area contributed by atoms with Crippen molar-refractivity contribution in [2.45, 2.75) is 32.9 Å². The topological polar surface area (TPSA) is 87.9 Å². The van der Waals surface area contributed by atoms with Crippen molar-refractivity contribution in [3.8, 4) is 0 Å². The van der Waals surface area contributed by atoms with Crippen LogP contribution in [0, 0.1) is 12.8 Å². The van der Waals surface area contributed by atoms with Crippen molar-refractivity contribution in [2.75, 3.05) is 24.6 Å². The number of carbonyl (C=O) groups excluding carboxylic acids is 2. The molecule has 7 nitrogen and oxygen atoms in total. The zero-order valence-corrected chi connectivity index (χ0v) is 14.9. The van der Waals surface area contributed by atoms with E-state index in [4.69, 9.17) is 4.42 Å². The SMILES string of the molecule is Cc1occc1C(=O)N1CCN(C(=O)C(C)C)C2CS(=O)(=O)CC21. The van der Waals surface area contributed by atoms with E-state index in [1.54, 1.807) is 36.6 Å². The van der Waals surface area contributed by atoms with Gasteiger partial charge in [0.25, 0.3) is 5.91 Å². The monoisotopic (exact) mass is 354 g/mol. The van der Waals surface area contributed by atoms with E-state index in [-0.39, 0.29) is 29.2 Å². The summed E-state index contributed by atoms with van der Waals surface area (Å²) < 4.78 is 29.5. The van der Waals surface area contributed by atoms with Gasteiger partial charge in [0.2, 0.25) is 5.91 Å². The first-order chi connectivity index (χ1) is 11.2. The molecule has 3 heterocycles. The van der Waals surface area contributed by atoms with E-state index in [1.807, 2.05) is 0 Å². The molecule has 3 rings (SSSR count). The molecule has 2 amide bonds. The molecular weight excluding hydrogens is 332 g/mol. The maximum atomic E-state index is 12.8. The van der Waals surface area contributed by atoms with Crippen LogP contribution in [0.15, 0.2) is 16.7 Å². The standard InChI is InChI=1S/C16H22N2O5S/c1-10(2)15(19)17-5-6-18(14-9-24(21,22)8-13(14)17)16(20)12-4-7-23-11(12)3/h4,7,10,13-14H,5-6,8-9H2,1-3H3. The molecule has 1 aromatic heterocycles. The molecule has 2 saturated heterocycles. The largest absolute Gasteiger partial charge is 0.469 e. The van der Waals surface area contributed by atoms with Crippen molar-refractivity contribution < 1.29 is 22.4 Å². The lowest BCUT2D eigenvalue weighted by atomic mass is 10.0. The third kappa shape index (κ3) is 2.83. The van der Waals surface area contributed by atoms with E-state index >= 15 is 0 Å². The molecule has 0 spiro atoms. The number of carbonyl (C=O) groups is 2. The Hall–Kier alpha value is -1.83. The van der Waals surface area contributed by atoms with Gasteiger partial charge in [-0.25, -0.2) is 8.42 Å². The van der Waals surface area contributed by atoms with Crippen molar-refractivity contribution in [1.29, 1.82) is 0 Å². The van der Waals surface area contributed by atoms with Crippen LogP contribution >= 0.6 is 0 Å². The van der Waals surface area contributed by atoms with Gasteiger partial charge in [-0.15, -0.1) is 0 Å². The van der Waals surface area contributed by atoms with Crippen LogP contribution < -0.4 is 0 Å². The van der Waals surface area contributed by atoms with Crippen LogP contribution in [0.3, 0.4) is 0 Å². The van der Waals surface area contributed by atoms with Gasteiger partial charge in [0.15, 0.2) is 9.84 Å². The van der Waals surface area contributed by atoms with Crippen molar-refractivity contribution in [2.24, 2.45) is 5.92 Å². The third-order valence-corrected chi connectivity index (χ3v) is 6.50. The molecule has 0 saturated carbocycles. The Morgan fingerprint density at radius 3 is 2.29 bits per heavy atom. The summed E-state index contributed by atoms with van der Waals surface area (Å²) in [5.41, 5.74) is 0.446. The van der Waals surface area contributed by atoms with E-state index < -0.39 is 21.9 Å². The Kier molecular flexibility index (Phi) is 4.19. The molecule has 2 aliphatic rings. The second-order valence-electron chi connectivity index (χ2n) is 6.79. The number of hydrogen-bond donors (Lipinski definition) is 0. The molecule has 2 aliphatic heterocycles. The normalized spacial score (nSPS) is 25.8. The number of furan rings is 1. The molecule has 8 heteroatoms. The molecule has 2 fully saturated rings. The molecule has 0 aliphatic carbocycles. The van der Waals surface area contributed by atoms with Gasteiger partial charge in [0.1, 0.15) is 5.76 Å². The van der Waals surface area contributed by atoms with Crippen molar-refractivity contribution in [3.63, 3.8) is 0 Å². The van der Waals surface area contributed by atoms with E-state index in [1.165, 1.54) is 6.26 Å². The Labute approximate surface area is 141 Å². The Bertz CT molecular complexity index is 767. The summed E-state index contributed by atoms with van der Waals surface area (Å²) in [6.07, 6.45) is 1.45. The van der Waals surface area contributed by atoms with E-state index in [0.29, 0.717) is 24.4 Å². The number of piperazine rings is 1. The first-order valence-electron chi connectivity index (χ1n) is 8.07. The van der Waals surface area contributed by atoms with Gasteiger partial charge in [-0.1, -0.05) is 13.8 Å². The summed E-state index contributed by atoms with van der Waals surface area (Å²) in [5, 5.41) is 0. The minimum atomic E-state index is -3.28. The van der Waals surface area contributed by atoms with E-state index in [2.05, 4.69) is 0 Å². The summed E-state index contributed by atoms with van der Waals surface area (Å²) in [4.78, 5) is 28.5. The number of fused-ring (bicyclic) bond motifs is 1. The maximum absolute atomic E-state index is 12.8. The first kappa shape index (κ1) is 17.0. The average molecular weight is 354 g/mol. The fraction of sp³-hybridized carbons (Fsp3) is 0.625. The number of aryl methyl sites for hydroxylation is 1. The molecule has 1 aromatic rings. The average Bonchev–Trinajstić information content (AvgIpc) is 3.06. The summed E-state index contributed by atoms with van der Waals surface area (Å²) in [6.45, 7) is 5.99. The van der Waals surface area contributed by atoms with Gasteiger partial charge in [-0.05, 0) is 13.0 Å². The summed E-state index contributed by atoms with van der Waals surface area (Å²) in [5.74, 6) is -0.156. The Morgan fingerprint density at radius 1 is 1.17 bits per heavy atom. The molecule has 132 valence electrons. The molecule has 0 bridgehead atoms. The van der Waals surface area contributed by atoms with Crippen LogP contribution in [0.1, 0.15) is 30.0 Å². The van der Waals surface area contributed by atoms with E-state index in [9.17, 15) is 18.0 Å². The predicted octanol–water partition coefficient (Wildman–Crippen LogP) is 0.694. The first-order valence-corrected chi connectivity index (χ1v) is 9.89. The lowest BCUT2D eigenvalue weighted by Crippen LogP contribution is -2.62. The van der Waals surface area contributed by atoms with Gasteiger partial charge in [-0.2, -0.15) is 0 Å². The molecule has 24 heavy (non-hydrogen) atoms. The third-order valence-electron chi connectivity index (χ3n) is 4.80. The van der Waals surface area contributed by atoms with Gasteiger partial charge in [0.05, 0.1) is 35.4 Å². The van der Waals surface area contributed by atoms with E-state index in [0.717, 1.165) is 0 Å². The molecule has 0 N–H and O–H groups in total. The number of amides is 2. The van der Waals surface area contributed by atoms with Crippen LogP contribution in [0.4, 0.5) is 0 Å². The predicted molar refractivity (Wildman–Crippen MR) is 87.3 cm³/mol. The minimum absolute atomic E-state index is 0.0614. The zero-order chi connectivity index (χ0) is 17.6. The highest BCUT2D eigenvalue weighted by atomic mass is 32.2. The highest BCUT2D eigenvalue weighted by Gasteiger charge is 2.49. The molecule has 2 atom stereocenters. The Morgan fingerprint density at radius 2 is 1.75 bits per heavy atom. The summed E-state index contributed by atoms with van der Waals surface area (Å²) >= 11 is 0.